The maximum Gasteiger partial charge on any atom is 0.216 e. The number of aromatic nitrogens is 2. The Morgan fingerprint density at radius 2 is 1.72 bits per heavy atom. The lowest BCUT2D eigenvalue weighted by atomic mass is 9.96. The van der Waals surface area contributed by atoms with Crippen molar-refractivity contribution in [2.75, 3.05) is 18.4 Å². The average Bonchev–Trinajstić information content (AvgIpc) is 3.62. The van der Waals surface area contributed by atoms with Crippen LogP contribution in [0.25, 0.3) is 10.2 Å². The van der Waals surface area contributed by atoms with Gasteiger partial charge in [-0.15, -0.1) is 11.3 Å². The number of thiophene rings is 1. The molecular weight excluding hydrogens is 404 g/mol. The number of fused-ring (bicyclic) bond motifs is 3. The molecule has 3 fully saturated rings. The number of nitrogens with one attached hydrogen (secondary N) is 1. The fourth-order valence-electron chi connectivity index (χ4n) is 4.83. The molecule has 0 unspecified atom stereocenters. The van der Waals surface area contributed by atoms with Crippen molar-refractivity contribution in [1.82, 2.24) is 14.3 Å². The van der Waals surface area contributed by atoms with Gasteiger partial charge in [0.25, 0.3) is 0 Å². The van der Waals surface area contributed by atoms with Gasteiger partial charge in [-0.3, -0.25) is 0 Å². The molecule has 0 atom stereocenters. The second-order valence-corrected chi connectivity index (χ2v) is 12.5. The Hall–Kier alpha value is -1.25. The molecule has 0 amide bonds. The van der Waals surface area contributed by atoms with Crippen molar-refractivity contribution in [3.63, 3.8) is 0 Å². The lowest BCUT2D eigenvalue weighted by Crippen LogP contribution is -2.43. The summed E-state index contributed by atoms with van der Waals surface area (Å²) >= 11 is 1.87. The van der Waals surface area contributed by atoms with E-state index >= 15 is 0 Å². The molecule has 2 aromatic heterocycles. The summed E-state index contributed by atoms with van der Waals surface area (Å²) in [6.07, 6.45) is 10.6. The number of sulfonamides is 1. The maximum absolute atomic E-state index is 12.5. The third kappa shape index (κ3) is 3.37. The minimum Gasteiger partial charge on any atom is -0.367 e. The molecule has 156 valence electrons. The van der Waals surface area contributed by atoms with Crippen molar-refractivity contribution < 1.29 is 8.42 Å². The van der Waals surface area contributed by atoms with Gasteiger partial charge in [-0.05, 0) is 69.8 Å². The summed E-state index contributed by atoms with van der Waals surface area (Å²) in [6.45, 7) is 1.25. The number of hydrogen-bond donors (Lipinski definition) is 1. The molecule has 1 N–H and O–H groups in total. The molecule has 0 bridgehead atoms. The van der Waals surface area contributed by atoms with E-state index in [2.05, 4.69) is 5.32 Å². The van der Waals surface area contributed by atoms with Gasteiger partial charge in [0.1, 0.15) is 16.5 Å². The second kappa shape index (κ2) is 6.89. The highest BCUT2D eigenvalue weighted by Gasteiger charge is 2.41. The molecule has 29 heavy (non-hydrogen) atoms. The zero-order valence-electron chi connectivity index (χ0n) is 16.7. The van der Waals surface area contributed by atoms with Gasteiger partial charge in [0.2, 0.25) is 10.0 Å². The first kappa shape index (κ1) is 18.5. The van der Waals surface area contributed by atoms with Crippen molar-refractivity contribution in [1.29, 1.82) is 0 Å². The number of rotatable bonds is 5. The summed E-state index contributed by atoms with van der Waals surface area (Å²) in [5.41, 5.74) is 1.47. The van der Waals surface area contributed by atoms with Gasteiger partial charge < -0.3 is 5.32 Å². The first-order valence-electron chi connectivity index (χ1n) is 11.2. The lowest BCUT2D eigenvalue weighted by Gasteiger charge is -2.32. The smallest absolute Gasteiger partial charge is 0.216 e. The molecule has 0 aromatic carbocycles. The van der Waals surface area contributed by atoms with Gasteiger partial charge in [-0.1, -0.05) is 0 Å². The normalized spacial score (nSPS) is 24.0. The molecule has 3 aliphatic carbocycles. The van der Waals surface area contributed by atoms with Crippen LogP contribution in [-0.2, 0) is 22.9 Å². The summed E-state index contributed by atoms with van der Waals surface area (Å²) in [6, 6.07) is 0.282. The molecule has 4 aliphatic rings. The Kier molecular flexibility index (Phi) is 4.40. The van der Waals surface area contributed by atoms with E-state index in [1.807, 2.05) is 11.3 Å². The largest absolute Gasteiger partial charge is 0.367 e. The van der Waals surface area contributed by atoms with Crippen LogP contribution >= 0.6 is 11.3 Å². The first-order chi connectivity index (χ1) is 14.1. The summed E-state index contributed by atoms with van der Waals surface area (Å²) in [5, 5.41) is 4.88. The highest BCUT2D eigenvalue weighted by atomic mass is 32.2. The first-order valence-corrected chi connectivity index (χ1v) is 13.5. The molecular formula is C21H28N4O2S2. The van der Waals surface area contributed by atoms with Crippen LogP contribution < -0.4 is 5.32 Å². The van der Waals surface area contributed by atoms with Crippen LogP contribution in [-0.4, -0.2) is 47.1 Å². The zero-order chi connectivity index (χ0) is 19.6. The number of anilines is 1. The molecule has 2 saturated carbocycles. The van der Waals surface area contributed by atoms with Crippen LogP contribution in [0.4, 0.5) is 5.82 Å². The Morgan fingerprint density at radius 3 is 2.45 bits per heavy atom. The molecule has 8 heteroatoms. The Labute approximate surface area is 176 Å². The molecule has 2 aromatic rings. The van der Waals surface area contributed by atoms with E-state index in [0.717, 1.165) is 48.6 Å². The SMILES string of the molecule is O=S(=O)(C1CC1)N1CCC(Nc2nc(C3CC3)nc3sc4c(c23)CCCC4)CC1. The summed E-state index contributed by atoms with van der Waals surface area (Å²) < 4.78 is 26.8. The Morgan fingerprint density at radius 1 is 0.966 bits per heavy atom. The van der Waals surface area contributed by atoms with Crippen LogP contribution in [0.3, 0.4) is 0 Å². The molecule has 1 aliphatic heterocycles. The maximum atomic E-state index is 12.5. The van der Waals surface area contributed by atoms with Crippen molar-refractivity contribution in [2.45, 2.75) is 81.4 Å². The van der Waals surface area contributed by atoms with Crippen molar-refractivity contribution >= 4 is 37.4 Å². The summed E-state index contributed by atoms with van der Waals surface area (Å²) in [5.74, 6) is 2.55. The molecule has 6 rings (SSSR count). The van der Waals surface area contributed by atoms with Crippen LogP contribution in [0.15, 0.2) is 0 Å². The van der Waals surface area contributed by atoms with Gasteiger partial charge in [0.15, 0.2) is 0 Å². The van der Waals surface area contributed by atoms with Gasteiger partial charge in [0.05, 0.1) is 10.6 Å². The second-order valence-electron chi connectivity index (χ2n) is 9.16. The zero-order valence-corrected chi connectivity index (χ0v) is 18.3. The highest BCUT2D eigenvalue weighted by Crippen LogP contribution is 2.43. The number of hydrogen-bond acceptors (Lipinski definition) is 6. The number of piperidine rings is 1. The van der Waals surface area contributed by atoms with E-state index < -0.39 is 10.0 Å². The van der Waals surface area contributed by atoms with Gasteiger partial charge in [0, 0.05) is 29.9 Å². The fourth-order valence-corrected chi connectivity index (χ4v) is 7.97. The fraction of sp³-hybridized carbons (Fsp3) is 0.714. The van der Waals surface area contributed by atoms with Crippen LogP contribution in [0, 0.1) is 0 Å². The van der Waals surface area contributed by atoms with Crippen LogP contribution in [0.5, 0.6) is 0 Å². The van der Waals surface area contributed by atoms with Gasteiger partial charge in [-0.2, -0.15) is 0 Å². The minimum absolute atomic E-state index is 0.105. The minimum atomic E-state index is -3.05. The molecule has 6 nitrogen and oxygen atoms in total. The van der Waals surface area contributed by atoms with E-state index in [1.165, 1.54) is 47.9 Å². The number of nitrogens with zero attached hydrogens (tertiary/aromatic N) is 3. The summed E-state index contributed by atoms with van der Waals surface area (Å²) in [4.78, 5) is 12.6. The van der Waals surface area contributed by atoms with E-state index in [-0.39, 0.29) is 11.3 Å². The van der Waals surface area contributed by atoms with Crippen molar-refractivity contribution in [3.05, 3.63) is 16.3 Å². The van der Waals surface area contributed by atoms with Crippen LogP contribution in [0.1, 0.15) is 73.5 Å². The van der Waals surface area contributed by atoms with E-state index in [9.17, 15) is 8.42 Å². The molecule has 0 radical (unpaired) electrons. The predicted octanol–water partition coefficient (Wildman–Crippen LogP) is 3.82. The van der Waals surface area contributed by atoms with Crippen molar-refractivity contribution in [2.24, 2.45) is 0 Å². The predicted molar refractivity (Wildman–Crippen MR) is 116 cm³/mol. The standard InChI is InChI=1S/C21H28N4O2S2/c26-29(27,15-7-8-15)25-11-9-14(10-12-25)22-20-18-16-3-1-2-4-17(16)28-21(18)24-19(23-20)13-5-6-13/h13-15H,1-12H2,(H,22,23,24). The van der Waals surface area contributed by atoms with E-state index in [1.54, 1.807) is 4.31 Å². The Bertz CT molecular complexity index is 1050. The highest BCUT2D eigenvalue weighted by molar-refractivity contribution is 7.90. The third-order valence-corrected chi connectivity index (χ3v) is 10.5. The topological polar surface area (TPSA) is 75.2 Å². The van der Waals surface area contributed by atoms with Crippen LogP contribution in [0.2, 0.25) is 0 Å². The Balaban J connectivity index is 1.27. The molecule has 0 spiro atoms. The average molecular weight is 433 g/mol. The lowest BCUT2D eigenvalue weighted by molar-refractivity contribution is 0.329. The summed E-state index contributed by atoms with van der Waals surface area (Å²) in [7, 11) is -3.05. The molecule has 3 heterocycles. The van der Waals surface area contributed by atoms with Gasteiger partial charge >= 0.3 is 0 Å². The van der Waals surface area contributed by atoms with Gasteiger partial charge in [-0.25, -0.2) is 22.7 Å². The van der Waals surface area contributed by atoms with Crippen molar-refractivity contribution in [3.8, 4) is 0 Å². The van der Waals surface area contributed by atoms with E-state index in [4.69, 9.17) is 9.97 Å². The third-order valence-electron chi connectivity index (χ3n) is 6.87. The quantitative estimate of drug-likeness (QED) is 0.777. The van der Waals surface area contributed by atoms with E-state index in [0.29, 0.717) is 19.0 Å². The molecule has 1 saturated heterocycles. The number of aryl methyl sites for hydroxylation is 2. The monoisotopic (exact) mass is 432 g/mol.